The van der Waals surface area contributed by atoms with Crippen molar-refractivity contribution in [2.24, 2.45) is 11.7 Å². The van der Waals surface area contributed by atoms with Crippen molar-refractivity contribution in [2.45, 2.75) is 57.7 Å². The van der Waals surface area contributed by atoms with E-state index in [0.717, 1.165) is 6.61 Å². The second kappa shape index (κ2) is 6.58. The lowest BCUT2D eigenvalue weighted by Gasteiger charge is -2.40. The molecule has 1 atom stereocenters. The van der Waals surface area contributed by atoms with Crippen LogP contribution in [-0.4, -0.2) is 43.8 Å². The van der Waals surface area contributed by atoms with E-state index >= 15 is 0 Å². The first kappa shape index (κ1) is 13.9. The van der Waals surface area contributed by atoms with Gasteiger partial charge >= 0.3 is 0 Å². The molecule has 0 saturated heterocycles. The standard InChI is InChI=1S/C13H28N2O/c1-10(2)13(9-16-4)15(3)12-7-5-11(14)6-8-12/h10-13H,5-9,14H2,1-4H3. The molecule has 0 spiro atoms. The number of methoxy groups -OCH3 is 1. The van der Waals surface area contributed by atoms with Gasteiger partial charge in [0, 0.05) is 25.2 Å². The number of rotatable bonds is 5. The van der Waals surface area contributed by atoms with Gasteiger partial charge in [-0.05, 0) is 38.6 Å². The summed E-state index contributed by atoms with van der Waals surface area (Å²) in [6.45, 7) is 5.38. The van der Waals surface area contributed by atoms with Gasteiger partial charge in [0.15, 0.2) is 0 Å². The Morgan fingerprint density at radius 1 is 1.25 bits per heavy atom. The van der Waals surface area contributed by atoms with E-state index in [-0.39, 0.29) is 0 Å². The van der Waals surface area contributed by atoms with Gasteiger partial charge in [0.05, 0.1) is 6.61 Å². The predicted octanol–water partition coefficient (Wildman–Crippen LogP) is 1.86. The van der Waals surface area contributed by atoms with Crippen molar-refractivity contribution in [1.29, 1.82) is 0 Å². The van der Waals surface area contributed by atoms with Crippen molar-refractivity contribution in [3.8, 4) is 0 Å². The summed E-state index contributed by atoms with van der Waals surface area (Å²) < 4.78 is 5.33. The number of nitrogens with zero attached hydrogens (tertiary/aromatic N) is 1. The van der Waals surface area contributed by atoms with E-state index in [1.54, 1.807) is 7.11 Å². The molecule has 0 aromatic rings. The number of likely N-dealkylation sites (N-methyl/N-ethyl adjacent to an activating group) is 1. The van der Waals surface area contributed by atoms with E-state index in [0.29, 0.717) is 24.0 Å². The Kier molecular flexibility index (Phi) is 5.73. The van der Waals surface area contributed by atoms with Crippen LogP contribution >= 0.6 is 0 Å². The van der Waals surface area contributed by atoms with Crippen molar-refractivity contribution in [1.82, 2.24) is 4.90 Å². The molecule has 1 unspecified atom stereocenters. The fourth-order valence-electron chi connectivity index (χ4n) is 2.73. The Hall–Kier alpha value is -0.120. The van der Waals surface area contributed by atoms with Crippen LogP contribution in [0.4, 0.5) is 0 Å². The van der Waals surface area contributed by atoms with Crippen LogP contribution in [0, 0.1) is 5.92 Å². The Labute approximate surface area is 100 Å². The molecule has 16 heavy (non-hydrogen) atoms. The van der Waals surface area contributed by atoms with Crippen LogP contribution in [0.15, 0.2) is 0 Å². The zero-order valence-electron chi connectivity index (χ0n) is 11.3. The van der Waals surface area contributed by atoms with Crippen molar-refractivity contribution >= 4 is 0 Å². The Morgan fingerprint density at radius 2 is 1.81 bits per heavy atom. The van der Waals surface area contributed by atoms with Gasteiger partial charge in [0.1, 0.15) is 0 Å². The summed E-state index contributed by atoms with van der Waals surface area (Å²) in [5, 5.41) is 0. The molecule has 3 heteroatoms. The highest BCUT2D eigenvalue weighted by Crippen LogP contribution is 2.24. The Balaban J connectivity index is 2.49. The molecule has 1 aliphatic rings. The van der Waals surface area contributed by atoms with E-state index in [4.69, 9.17) is 10.5 Å². The van der Waals surface area contributed by atoms with Crippen LogP contribution in [-0.2, 0) is 4.74 Å². The van der Waals surface area contributed by atoms with Gasteiger partial charge < -0.3 is 10.5 Å². The first-order valence-corrected chi connectivity index (χ1v) is 6.52. The average molecular weight is 228 g/mol. The fraction of sp³-hybridized carbons (Fsp3) is 1.00. The zero-order valence-corrected chi connectivity index (χ0v) is 11.3. The second-order valence-corrected chi connectivity index (χ2v) is 5.50. The quantitative estimate of drug-likeness (QED) is 0.780. The SMILES string of the molecule is COCC(C(C)C)N(C)C1CCC(N)CC1. The minimum absolute atomic E-state index is 0.435. The Bertz CT molecular complexity index is 188. The molecule has 1 aliphatic carbocycles. The van der Waals surface area contributed by atoms with Crippen LogP contribution in [0.2, 0.25) is 0 Å². The first-order valence-electron chi connectivity index (χ1n) is 6.52. The van der Waals surface area contributed by atoms with Crippen LogP contribution in [0.3, 0.4) is 0 Å². The van der Waals surface area contributed by atoms with Gasteiger partial charge in [-0.2, -0.15) is 0 Å². The number of ether oxygens (including phenoxy) is 1. The molecule has 0 aromatic heterocycles. The van der Waals surface area contributed by atoms with Crippen LogP contribution in [0.5, 0.6) is 0 Å². The van der Waals surface area contributed by atoms with Crippen molar-refractivity contribution in [2.75, 3.05) is 20.8 Å². The lowest BCUT2D eigenvalue weighted by molar-refractivity contribution is 0.0418. The maximum absolute atomic E-state index is 5.95. The normalized spacial score (nSPS) is 28.7. The molecule has 0 heterocycles. The van der Waals surface area contributed by atoms with Crippen LogP contribution < -0.4 is 5.73 Å². The van der Waals surface area contributed by atoms with Gasteiger partial charge in [0.2, 0.25) is 0 Å². The molecule has 0 aliphatic heterocycles. The minimum Gasteiger partial charge on any atom is -0.383 e. The molecule has 0 amide bonds. The summed E-state index contributed by atoms with van der Waals surface area (Å²) in [5.41, 5.74) is 5.95. The summed E-state index contributed by atoms with van der Waals surface area (Å²) in [5.74, 6) is 0.639. The summed E-state index contributed by atoms with van der Waals surface area (Å²) in [7, 11) is 4.03. The maximum atomic E-state index is 5.95. The molecule has 3 nitrogen and oxygen atoms in total. The van der Waals surface area contributed by atoms with Gasteiger partial charge in [-0.3, -0.25) is 4.90 Å². The predicted molar refractivity (Wildman–Crippen MR) is 68.5 cm³/mol. The largest absolute Gasteiger partial charge is 0.383 e. The molecule has 0 aromatic carbocycles. The lowest BCUT2D eigenvalue weighted by Crippen LogP contribution is -2.48. The smallest absolute Gasteiger partial charge is 0.0620 e. The van der Waals surface area contributed by atoms with E-state index in [2.05, 4.69) is 25.8 Å². The third kappa shape index (κ3) is 3.72. The molecule has 1 rings (SSSR count). The fourth-order valence-corrected chi connectivity index (χ4v) is 2.73. The summed E-state index contributed by atoms with van der Waals surface area (Å²) in [6.07, 6.45) is 4.83. The third-order valence-electron chi connectivity index (χ3n) is 3.95. The molecule has 96 valence electrons. The second-order valence-electron chi connectivity index (χ2n) is 5.50. The third-order valence-corrected chi connectivity index (χ3v) is 3.95. The summed E-state index contributed by atoms with van der Waals surface area (Å²) in [4.78, 5) is 2.51. The highest BCUT2D eigenvalue weighted by molar-refractivity contribution is 4.84. The van der Waals surface area contributed by atoms with E-state index in [1.807, 2.05) is 0 Å². The minimum atomic E-state index is 0.435. The van der Waals surface area contributed by atoms with Crippen LogP contribution in [0.25, 0.3) is 0 Å². The topological polar surface area (TPSA) is 38.5 Å². The lowest BCUT2D eigenvalue weighted by atomic mass is 9.89. The van der Waals surface area contributed by atoms with E-state index < -0.39 is 0 Å². The highest BCUT2D eigenvalue weighted by Gasteiger charge is 2.28. The molecular weight excluding hydrogens is 200 g/mol. The first-order chi connectivity index (χ1) is 7.56. The molecular formula is C13H28N2O. The molecule has 0 bridgehead atoms. The maximum Gasteiger partial charge on any atom is 0.0620 e. The van der Waals surface area contributed by atoms with Crippen LogP contribution in [0.1, 0.15) is 39.5 Å². The number of hydrogen-bond donors (Lipinski definition) is 1. The van der Waals surface area contributed by atoms with Gasteiger partial charge in [0.25, 0.3) is 0 Å². The monoisotopic (exact) mass is 228 g/mol. The molecule has 2 N–H and O–H groups in total. The highest BCUT2D eigenvalue weighted by atomic mass is 16.5. The van der Waals surface area contributed by atoms with Crippen molar-refractivity contribution in [3.05, 3.63) is 0 Å². The van der Waals surface area contributed by atoms with E-state index in [9.17, 15) is 0 Å². The number of nitrogens with two attached hydrogens (primary N) is 1. The summed E-state index contributed by atoms with van der Waals surface area (Å²) in [6, 6.07) is 1.66. The van der Waals surface area contributed by atoms with Gasteiger partial charge in [-0.1, -0.05) is 13.8 Å². The zero-order chi connectivity index (χ0) is 12.1. The van der Waals surface area contributed by atoms with E-state index in [1.165, 1.54) is 25.7 Å². The Morgan fingerprint density at radius 3 is 2.25 bits per heavy atom. The van der Waals surface area contributed by atoms with Crippen molar-refractivity contribution < 1.29 is 4.74 Å². The molecule has 1 saturated carbocycles. The summed E-state index contributed by atoms with van der Waals surface area (Å²) >= 11 is 0. The number of hydrogen-bond acceptors (Lipinski definition) is 3. The average Bonchev–Trinajstić information content (AvgIpc) is 2.25. The van der Waals surface area contributed by atoms with Gasteiger partial charge in [-0.25, -0.2) is 0 Å². The van der Waals surface area contributed by atoms with Gasteiger partial charge in [-0.15, -0.1) is 0 Å². The molecule has 0 radical (unpaired) electrons. The molecule has 1 fully saturated rings. The van der Waals surface area contributed by atoms with Crippen molar-refractivity contribution in [3.63, 3.8) is 0 Å².